The monoisotopic (exact) mass is 716 g/mol. The van der Waals surface area contributed by atoms with E-state index < -0.39 is 5.41 Å². The molecule has 7 aromatic rings. The highest BCUT2D eigenvalue weighted by atomic mass is 16.5. The minimum absolute atomic E-state index is 0.315. The third kappa shape index (κ3) is 5.38. The topological polar surface area (TPSA) is 69.0 Å². The van der Waals surface area contributed by atoms with Gasteiger partial charge in [0.1, 0.15) is 22.6 Å². The van der Waals surface area contributed by atoms with Gasteiger partial charge in [-0.05, 0) is 107 Å². The Morgan fingerprint density at radius 3 is 1.53 bits per heavy atom. The lowest BCUT2D eigenvalue weighted by atomic mass is 9.67. The van der Waals surface area contributed by atoms with Crippen LogP contribution in [0.4, 0.5) is 0 Å². The molecule has 3 aliphatic rings. The zero-order valence-electron chi connectivity index (χ0n) is 31.4. The zero-order chi connectivity index (χ0) is 37.4. The van der Waals surface area contributed by atoms with Gasteiger partial charge >= 0.3 is 0 Å². The molecule has 0 unspecified atom stereocenters. The number of rotatable bonds is 6. The predicted molar refractivity (Wildman–Crippen MR) is 221 cm³/mol. The molecule has 2 aliphatic heterocycles. The minimum atomic E-state index is -0.612. The summed E-state index contributed by atoms with van der Waals surface area (Å²) in [6, 6.07) is 48.3. The van der Waals surface area contributed by atoms with Gasteiger partial charge in [0, 0.05) is 23.5 Å². The third-order valence-electron chi connectivity index (χ3n) is 11.1. The molecule has 4 heterocycles. The number of ether oxygens (including phenoxy) is 2. The van der Waals surface area contributed by atoms with Crippen LogP contribution in [0, 0.1) is 0 Å². The second kappa shape index (κ2) is 12.3. The van der Waals surface area contributed by atoms with E-state index in [0.29, 0.717) is 24.9 Å². The van der Waals surface area contributed by atoms with E-state index in [-0.39, 0.29) is 11.2 Å². The van der Waals surface area contributed by atoms with Crippen molar-refractivity contribution in [3.8, 4) is 33.4 Å². The molecule has 0 saturated heterocycles. The number of benzene rings is 5. The number of hydrogen-bond acceptors (Lipinski definition) is 6. The average Bonchev–Trinajstić information content (AvgIpc) is 3.88. The van der Waals surface area contributed by atoms with E-state index in [0.717, 1.165) is 33.6 Å². The maximum absolute atomic E-state index is 6.12. The summed E-state index contributed by atoms with van der Waals surface area (Å²) < 4.78 is 12.2. The molecular weight excluding hydrogens is 677 g/mol. The van der Waals surface area contributed by atoms with Crippen molar-refractivity contribution in [3.05, 3.63) is 179 Å². The van der Waals surface area contributed by atoms with Crippen LogP contribution in [0.1, 0.15) is 61.3 Å². The fourth-order valence-electron chi connectivity index (χ4n) is 8.58. The van der Waals surface area contributed by atoms with Crippen LogP contribution in [0.3, 0.4) is 0 Å². The molecule has 0 atom stereocenters. The smallest absolute Gasteiger partial charge is 0.236 e. The average molecular weight is 717 g/mol. The molecule has 6 heteroatoms. The SMILES string of the molecule is CC1(C)CN=C(c2ccc(-c3ccc4c(c3)C(c3ccccc3)(c3ccccc3)c3cc(-c5ccc(C6=NCC(C)(C)O6)nc5)c5ccccc5c3-4)cn2)O1. The highest BCUT2D eigenvalue weighted by Gasteiger charge is 2.47. The summed E-state index contributed by atoms with van der Waals surface area (Å²) in [5.74, 6) is 1.20. The molecule has 2 aromatic heterocycles. The lowest BCUT2D eigenvalue weighted by Gasteiger charge is -2.34. The number of aromatic nitrogens is 2. The van der Waals surface area contributed by atoms with Gasteiger partial charge in [0.15, 0.2) is 0 Å². The molecule has 0 spiro atoms. The van der Waals surface area contributed by atoms with Crippen LogP contribution in [-0.2, 0) is 14.9 Å². The first kappa shape index (κ1) is 33.2. The molecule has 0 N–H and O–H groups in total. The summed E-state index contributed by atoms with van der Waals surface area (Å²) >= 11 is 0. The Morgan fingerprint density at radius 2 is 1.00 bits per heavy atom. The Hall–Kier alpha value is -6.40. The van der Waals surface area contributed by atoms with E-state index in [2.05, 4.69) is 145 Å². The van der Waals surface area contributed by atoms with Crippen molar-refractivity contribution in [1.29, 1.82) is 0 Å². The molecule has 6 nitrogen and oxygen atoms in total. The van der Waals surface area contributed by atoms with Gasteiger partial charge in [-0.1, -0.05) is 109 Å². The number of aliphatic imine (C=N–C) groups is 2. The summed E-state index contributed by atoms with van der Waals surface area (Å²) in [5.41, 5.74) is 11.9. The second-order valence-corrected chi connectivity index (χ2v) is 16.0. The fourth-order valence-corrected chi connectivity index (χ4v) is 8.58. The van der Waals surface area contributed by atoms with Crippen molar-refractivity contribution >= 4 is 22.6 Å². The van der Waals surface area contributed by atoms with Crippen LogP contribution >= 0.6 is 0 Å². The molecule has 0 bridgehead atoms. The first-order valence-corrected chi connectivity index (χ1v) is 18.9. The fraction of sp³-hybridized carbons (Fsp3) is 0.184. The van der Waals surface area contributed by atoms with Gasteiger partial charge in [-0.2, -0.15) is 0 Å². The van der Waals surface area contributed by atoms with Gasteiger partial charge in [0.25, 0.3) is 0 Å². The van der Waals surface area contributed by atoms with Crippen molar-refractivity contribution in [2.75, 3.05) is 13.1 Å². The first-order valence-electron chi connectivity index (χ1n) is 18.9. The zero-order valence-corrected chi connectivity index (χ0v) is 31.4. The van der Waals surface area contributed by atoms with Crippen molar-refractivity contribution < 1.29 is 9.47 Å². The van der Waals surface area contributed by atoms with Crippen molar-refractivity contribution in [3.63, 3.8) is 0 Å². The highest BCUT2D eigenvalue weighted by Crippen LogP contribution is 2.59. The van der Waals surface area contributed by atoms with Crippen molar-refractivity contribution in [1.82, 2.24) is 9.97 Å². The Morgan fingerprint density at radius 1 is 0.473 bits per heavy atom. The summed E-state index contributed by atoms with van der Waals surface area (Å²) in [7, 11) is 0. The van der Waals surface area contributed by atoms with Crippen molar-refractivity contribution in [2.24, 2.45) is 9.98 Å². The molecule has 10 rings (SSSR count). The predicted octanol–water partition coefficient (Wildman–Crippen LogP) is 10.4. The third-order valence-corrected chi connectivity index (χ3v) is 11.1. The highest BCUT2D eigenvalue weighted by molar-refractivity contribution is 6.10. The molecule has 0 saturated carbocycles. The molecule has 1 aliphatic carbocycles. The van der Waals surface area contributed by atoms with E-state index in [9.17, 15) is 0 Å². The number of nitrogens with zero attached hydrogens (tertiary/aromatic N) is 4. The summed E-state index contributed by atoms with van der Waals surface area (Å²) in [4.78, 5) is 19.0. The van der Waals surface area contributed by atoms with E-state index >= 15 is 0 Å². The number of hydrogen-bond donors (Lipinski definition) is 0. The Kier molecular flexibility index (Phi) is 7.43. The van der Waals surface area contributed by atoms with Crippen LogP contribution in [0.25, 0.3) is 44.2 Å². The lowest BCUT2D eigenvalue weighted by Crippen LogP contribution is -2.28. The molecular formula is C49H40N4O2. The van der Waals surface area contributed by atoms with E-state index in [4.69, 9.17) is 19.4 Å². The lowest BCUT2D eigenvalue weighted by molar-refractivity contribution is 0.130. The molecule has 0 amide bonds. The maximum atomic E-state index is 6.12. The van der Waals surface area contributed by atoms with Gasteiger partial charge in [0.2, 0.25) is 11.8 Å². The van der Waals surface area contributed by atoms with Gasteiger partial charge in [-0.15, -0.1) is 0 Å². The summed E-state index contributed by atoms with van der Waals surface area (Å²) in [5, 5.41) is 2.39. The standard InChI is InChI=1S/C49H40N4O2/c1-47(2)29-52-45(54-47)42-23-20-32(27-50-42)31-19-22-38-40(25-31)49(34-13-7-5-8-14-34,35-15-9-6-10-16-35)41-26-39(36-17-11-12-18-37(36)44(38)41)33-21-24-43(51-28-33)46-53-30-48(3,4)55-46/h5-28H,29-30H2,1-4H3. The first-order chi connectivity index (χ1) is 26.7. The van der Waals surface area contributed by atoms with Crippen LogP contribution in [0.2, 0.25) is 0 Å². The summed E-state index contributed by atoms with van der Waals surface area (Å²) in [6.07, 6.45) is 3.91. The van der Waals surface area contributed by atoms with Crippen LogP contribution in [-0.4, -0.2) is 46.1 Å². The van der Waals surface area contributed by atoms with Gasteiger partial charge in [0.05, 0.1) is 18.5 Å². The number of fused-ring (bicyclic) bond motifs is 5. The van der Waals surface area contributed by atoms with Gasteiger partial charge < -0.3 is 9.47 Å². The van der Waals surface area contributed by atoms with Crippen LogP contribution in [0.5, 0.6) is 0 Å². The minimum Gasteiger partial charge on any atom is -0.468 e. The Labute approximate surface area is 321 Å². The van der Waals surface area contributed by atoms with Crippen molar-refractivity contribution in [2.45, 2.75) is 44.3 Å². The largest absolute Gasteiger partial charge is 0.468 e. The normalized spacial score (nSPS) is 17.2. The summed E-state index contributed by atoms with van der Waals surface area (Å²) in [6.45, 7) is 9.45. The van der Waals surface area contributed by atoms with Crippen LogP contribution in [0.15, 0.2) is 156 Å². The second-order valence-electron chi connectivity index (χ2n) is 16.0. The van der Waals surface area contributed by atoms with Crippen LogP contribution < -0.4 is 0 Å². The van der Waals surface area contributed by atoms with E-state index in [1.165, 1.54) is 44.2 Å². The Balaban J connectivity index is 1.19. The van der Waals surface area contributed by atoms with Gasteiger partial charge in [-0.3, -0.25) is 9.97 Å². The molecule has 268 valence electrons. The van der Waals surface area contributed by atoms with Gasteiger partial charge in [-0.25, -0.2) is 9.98 Å². The molecule has 0 fully saturated rings. The van der Waals surface area contributed by atoms with E-state index in [1.54, 1.807) is 0 Å². The quantitative estimate of drug-likeness (QED) is 0.172. The molecule has 0 radical (unpaired) electrons. The number of pyridine rings is 2. The Bertz CT molecular complexity index is 2640. The molecule has 5 aromatic carbocycles. The molecule has 55 heavy (non-hydrogen) atoms. The maximum Gasteiger partial charge on any atom is 0.236 e. The van der Waals surface area contributed by atoms with E-state index in [1.807, 2.05) is 38.4 Å².